The van der Waals surface area contributed by atoms with E-state index in [4.69, 9.17) is 4.74 Å². The van der Waals surface area contributed by atoms with Crippen molar-refractivity contribution in [3.8, 4) is 0 Å². The largest absolute Gasteiger partial charge is 0.462 e. The van der Waals surface area contributed by atoms with Crippen molar-refractivity contribution >= 4 is 16.9 Å². The Morgan fingerprint density at radius 2 is 2.04 bits per heavy atom. The van der Waals surface area contributed by atoms with E-state index in [-0.39, 0.29) is 5.97 Å². The zero-order valence-electron chi connectivity index (χ0n) is 16.7. The number of para-hydroxylation sites is 1. The Bertz CT molecular complexity index is 795. The van der Waals surface area contributed by atoms with E-state index in [1.807, 2.05) is 24.4 Å². The predicted octanol–water partition coefficient (Wildman–Crippen LogP) is 4.72. The van der Waals surface area contributed by atoms with Crippen LogP contribution in [0, 0.1) is 11.8 Å². The number of fused-ring (bicyclic) bond motifs is 2. The van der Waals surface area contributed by atoms with Crippen LogP contribution in [0.25, 0.3) is 10.9 Å². The van der Waals surface area contributed by atoms with Crippen LogP contribution in [-0.4, -0.2) is 41.2 Å². The fourth-order valence-electron chi connectivity index (χ4n) is 4.85. The number of hydrogen-bond donors (Lipinski definition) is 0. The van der Waals surface area contributed by atoms with E-state index in [9.17, 15) is 4.79 Å². The van der Waals surface area contributed by atoms with E-state index >= 15 is 0 Å². The van der Waals surface area contributed by atoms with Crippen LogP contribution in [-0.2, 0) is 11.3 Å². The summed E-state index contributed by atoms with van der Waals surface area (Å²) in [6.07, 6.45) is 8.32. The lowest BCUT2D eigenvalue weighted by Gasteiger charge is -2.42. The molecule has 4 heteroatoms. The molecule has 27 heavy (non-hydrogen) atoms. The Balaban J connectivity index is 1.42. The first kappa shape index (κ1) is 18.5. The summed E-state index contributed by atoms with van der Waals surface area (Å²) >= 11 is 0. The van der Waals surface area contributed by atoms with E-state index in [1.165, 1.54) is 38.8 Å². The molecule has 4 nitrogen and oxygen atoms in total. The fraction of sp³-hybridized carbons (Fsp3) is 0.609. The molecule has 2 unspecified atom stereocenters. The molecule has 1 aromatic carbocycles. The lowest BCUT2D eigenvalue weighted by atomic mass is 9.86. The highest BCUT2D eigenvalue weighted by Gasteiger charge is 2.30. The highest BCUT2D eigenvalue weighted by atomic mass is 16.5. The van der Waals surface area contributed by atoms with Crippen molar-refractivity contribution in [3.05, 3.63) is 36.0 Å². The van der Waals surface area contributed by atoms with Gasteiger partial charge in [0.15, 0.2) is 0 Å². The molecule has 4 rings (SSSR count). The van der Waals surface area contributed by atoms with Crippen molar-refractivity contribution in [2.45, 2.75) is 58.5 Å². The maximum absolute atomic E-state index is 12.8. The molecular formula is C23H32N2O2. The molecule has 0 aliphatic carbocycles. The maximum atomic E-state index is 12.8. The highest BCUT2D eigenvalue weighted by Crippen LogP contribution is 2.30. The van der Waals surface area contributed by atoms with Gasteiger partial charge in [-0.15, -0.1) is 0 Å². The quantitative estimate of drug-likeness (QED) is 0.716. The van der Waals surface area contributed by atoms with E-state index < -0.39 is 0 Å². The van der Waals surface area contributed by atoms with Crippen LogP contribution < -0.4 is 0 Å². The van der Waals surface area contributed by atoms with E-state index in [2.05, 4.69) is 29.4 Å². The average Bonchev–Trinajstić information content (AvgIpc) is 3.04. The third-order valence-electron chi connectivity index (χ3n) is 6.20. The van der Waals surface area contributed by atoms with Gasteiger partial charge >= 0.3 is 5.97 Å². The van der Waals surface area contributed by atoms with Crippen molar-refractivity contribution in [2.24, 2.45) is 11.8 Å². The van der Waals surface area contributed by atoms with Gasteiger partial charge in [0.05, 0.1) is 12.2 Å². The number of esters is 1. The number of nitrogens with zero attached hydrogens (tertiary/aromatic N) is 2. The van der Waals surface area contributed by atoms with Gasteiger partial charge in [0.2, 0.25) is 0 Å². The Labute approximate surface area is 162 Å². The molecule has 2 aliphatic heterocycles. The summed E-state index contributed by atoms with van der Waals surface area (Å²) in [6, 6.07) is 8.87. The topological polar surface area (TPSA) is 34.5 Å². The molecule has 2 atom stereocenters. The third kappa shape index (κ3) is 4.06. The monoisotopic (exact) mass is 368 g/mol. The molecule has 0 amide bonds. The molecule has 0 spiro atoms. The number of hydrogen-bond acceptors (Lipinski definition) is 3. The summed E-state index contributed by atoms with van der Waals surface area (Å²) in [5, 5.41) is 1.00. The van der Waals surface area contributed by atoms with E-state index in [0.29, 0.717) is 30.0 Å². The van der Waals surface area contributed by atoms with E-state index in [1.54, 1.807) is 0 Å². The van der Waals surface area contributed by atoms with Gasteiger partial charge in [-0.2, -0.15) is 0 Å². The minimum Gasteiger partial charge on any atom is -0.462 e. The van der Waals surface area contributed by atoms with Gasteiger partial charge in [-0.05, 0) is 56.7 Å². The van der Waals surface area contributed by atoms with Gasteiger partial charge in [-0.1, -0.05) is 38.5 Å². The zero-order valence-corrected chi connectivity index (χ0v) is 16.7. The zero-order chi connectivity index (χ0) is 18.8. The van der Waals surface area contributed by atoms with E-state index in [0.717, 1.165) is 23.9 Å². The number of ether oxygens (including phenoxy) is 1. The Morgan fingerprint density at radius 1 is 1.19 bits per heavy atom. The highest BCUT2D eigenvalue weighted by molar-refractivity contribution is 6.04. The lowest BCUT2D eigenvalue weighted by Crippen LogP contribution is -2.46. The average molecular weight is 369 g/mol. The summed E-state index contributed by atoms with van der Waals surface area (Å²) in [7, 11) is 0. The smallest absolute Gasteiger partial charge is 0.340 e. The molecule has 3 heterocycles. The normalized spacial score (nSPS) is 23.5. The lowest BCUT2D eigenvalue weighted by molar-refractivity contribution is 0.0234. The molecule has 146 valence electrons. The molecule has 0 N–H and O–H groups in total. The second kappa shape index (κ2) is 8.05. The molecule has 0 radical (unpaired) electrons. The Morgan fingerprint density at radius 3 is 2.89 bits per heavy atom. The molecule has 2 aliphatic rings. The van der Waals surface area contributed by atoms with Crippen molar-refractivity contribution in [1.82, 2.24) is 9.47 Å². The molecule has 0 saturated carbocycles. The van der Waals surface area contributed by atoms with Crippen LogP contribution in [0.15, 0.2) is 30.5 Å². The van der Waals surface area contributed by atoms with Gasteiger partial charge < -0.3 is 14.2 Å². The first-order valence-corrected chi connectivity index (χ1v) is 10.6. The maximum Gasteiger partial charge on any atom is 0.340 e. The second-order valence-corrected chi connectivity index (χ2v) is 8.78. The fourth-order valence-corrected chi connectivity index (χ4v) is 4.85. The second-order valence-electron chi connectivity index (χ2n) is 8.78. The summed E-state index contributed by atoms with van der Waals surface area (Å²) < 4.78 is 7.99. The SMILES string of the molecule is CC(C)Cn1cc(C(=O)OCC2CCN3CCCCC3C2)c2ccccc21. The van der Waals surface area contributed by atoms with Gasteiger partial charge in [-0.3, -0.25) is 0 Å². The van der Waals surface area contributed by atoms with Crippen LogP contribution in [0.4, 0.5) is 0 Å². The summed E-state index contributed by atoms with van der Waals surface area (Å²) in [6.45, 7) is 8.29. The number of carbonyl (C=O) groups excluding carboxylic acids is 1. The van der Waals surface area contributed by atoms with Gasteiger partial charge in [-0.25, -0.2) is 4.79 Å². The van der Waals surface area contributed by atoms with Crippen LogP contribution in [0.3, 0.4) is 0 Å². The van der Waals surface area contributed by atoms with Crippen molar-refractivity contribution < 1.29 is 9.53 Å². The summed E-state index contributed by atoms with van der Waals surface area (Å²) in [5.74, 6) is 0.877. The summed E-state index contributed by atoms with van der Waals surface area (Å²) in [4.78, 5) is 15.5. The number of piperidine rings is 2. The van der Waals surface area contributed by atoms with Crippen molar-refractivity contribution in [1.29, 1.82) is 0 Å². The number of benzene rings is 1. The minimum absolute atomic E-state index is 0.167. The molecule has 2 saturated heterocycles. The standard InChI is InChI=1S/C23H32N2O2/c1-17(2)14-25-15-21(20-8-3-4-9-22(20)25)23(26)27-16-18-10-12-24-11-6-5-7-19(24)13-18/h3-4,8-9,15,17-19H,5-7,10-14,16H2,1-2H3. The Kier molecular flexibility index (Phi) is 5.53. The number of carbonyl (C=O) groups is 1. The van der Waals surface area contributed by atoms with Gasteiger partial charge in [0, 0.05) is 29.7 Å². The summed E-state index contributed by atoms with van der Waals surface area (Å²) in [5.41, 5.74) is 1.83. The van der Waals surface area contributed by atoms with Crippen LogP contribution >= 0.6 is 0 Å². The first-order valence-electron chi connectivity index (χ1n) is 10.6. The predicted molar refractivity (Wildman–Crippen MR) is 109 cm³/mol. The molecular weight excluding hydrogens is 336 g/mol. The third-order valence-corrected chi connectivity index (χ3v) is 6.20. The first-order chi connectivity index (χ1) is 13.1. The van der Waals surface area contributed by atoms with Crippen LogP contribution in [0.5, 0.6) is 0 Å². The minimum atomic E-state index is -0.167. The van der Waals surface area contributed by atoms with Crippen LogP contribution in [0.2, 0.25) is 0 Å². The number of rotatable bonds is 5. The Hall–Kier alpha value is -1.81. The molecule has 0 bridgehead atoms. The molecule has 2 fully saturated rings. The van der Waals surface area contributed by atoms with Crippen molar-refractivity contribution in [2.75, 3.05) is 19.7 Å². The van der Waals surface area contributed by atoms with Gasteiger partial charge in [0.25, 0.3) is 0 Å². The molecule has 2 aromatic rings. The molecule has 1 aromatic heterocycles. The van der Waals surface area contributed by atoms with Crippen LogP contribution in [0.1, 0.15) is 56.3 Å². The van der Waals surface area contributed by atoms with Crippen molar-refractivity contribution in [3.63, 3.8) is 0 Å². The van der Waals surface area contributed by atoms with Gasteiger partial charge in [0.1, 0.15) is 0 Å². The number of aromatic nitrogens is 1.